The van der Waals surface area contributed by atoms with Crippen LogP contribution in [0.1, 0.15) is 5.89 Å². The maximum atomic E-state index is 13.6. The molecule has 0 aliphatic carbocycles. The van der Waals surface area contributed by atoms with Crippen LogP contribution in [0.25, 0.3) is 11.3 Å². The van der Waals surface area contributed by atoms with E-state index in [1.807, 2.05) is 0 Å². The monoisotopic (exact) mass is 241 g/mol. The van der Waals surface area contributed by atoms with Crippen molar-refractivity contribution in [3.05, 3.63) is 36.1 Å². The van der Waals surface area contributed by atoms with Crippen LogP contribution in [0.5, 0.6) is 5.75 Å². The summed E-state index contributed by atoms with van der Waals surface area (Å²) in [6.45, 7) is 0. The van der Waals surface area contributed by atoms with Gasteiger partial charge in [-0.05, 0) is 12.1 Å². The van der Waals surface area contributed by atoms with E-state index in [1.54, 1.807) is 12.1 Å². The fourth-order valence-corrected chi connectivity index (χ4v) is 1.52. The first-order valence-corrected chi connectivity index (χ1v) is 5.13. The van der Waals surface area contributed by atoms with Gasteiger partial charge in [0.2, 0.25) is 5.89 Å². The van der Waals surface area contributed by atoms with E-state index in [2.05, 4.69) is 4.98 Å². The zero-order chi connectivity index (χ0) is 11.5. The maximum Gasteiger partial charge on any atom is 0.209 e. The molecular formula is C11H9ClFNO2. The van der Waals surface area contributed by atoms with E-state index < -0.39 is 5.82 Å². The SMILES string of the molecule is COc1cccc(F)c1-c1cnc(CCl)o1. The first-order chi connectivity index (χ1) is 7.76. The van der Waals surface area contributed by atoms with Crippen LogP contribution in [-0.2, 0) is 5.88 Å². The number of alkyl halides is 1. The molecular weight excluding hydrogens is 233 g/mol. The van der Waals surface area contributed by atoms with E-state index in [4.69, 9.17) is 20.8 Å². The molecule has 1 aromatic carbocycles. The molecule has 0 N–H and O–H groups in total. The van der Waals surface area contributed by atoms with Crippen LogP contribution in [-0.4, -0.2) is 12.1 Å². The van der Waals surface area contributed by atoms with Gasteiger partial charge in [-0.2, -0.15) is 0 Å². The molecule has 0 saturated carbocycles. The summed E-state index contributed by atoms with van der Waals surface area (Å²) >= 11 is 5.56. The molecule has 3 nitrogen and oxygen atoms in total. The Bertz CT molecular complexity index is 498. The summed E-state index contributed by atoms with van der Waals surface area (Å²) in [6.07, 6.45) is 1.43. The summed E-state index contributed by atoms with van der Waals surface area (Å²) in [7, 11) is 1.47. The quantitative estimate of drug-likeness (QED) is 0.774. The smallest absolute Gasteiger partial charge is 0.209 e. The van der Waals surface area contributed by atoms with Gasteiger partial charge >= 0.3 is 0 Å². The predicted molar refractivity (Wildman–Crippen MR) is 58.0 cm³/mol. The third-order valence-electron chi connectivity index (χ3n) is 2.11. The molecule has 0 amide bonds. The standard InChI is InChI=1S/C11H9ClFNO2/c1-15-8-4-2-3-7(13)11(8)9-6-14-10(5-12)16-9/h2-4,6H,5H2,1H3. The molecule has 1 aromatic heterocycles. The van der Waals surface area contributed by atoms with E-state index in [9.17, 15) is 4.39 Å². The highest BCUT2D eigenvalue weighted by molar-refractivity contribution is 6.16. The number of hydrogen-bond acceptors (Lipinski definition) is 3. The summed E-state index contributed by atoms with van der Waals surface area (Å²) in [6, 6.07) is 4.55. The number of oxazole rings is 1. The van der Waals surface area contributed by atoms with Crippen molar-refractivity contribution in [2.75, 3.05) is 7.11 Å². The molecule has 0 fully saturated rings. The van der Waals surface area contributed by atoms with Crippen LogP contribution in [0.4, 0.5) is 4.39 Å². The average Bonchev–Trinajstić information content (AvgIpc) is 2.76. The normalized spacial score (nSPS) is 10.4. The number of ether oxygens (including phenoxy) is 1. The molecule has 1 heterocycles. The number of benzene rings is 1. The van der Waals surface area contributed by atoms with Gasteiger partial charge < -0.3 is 9.15 Å². The molecule has 0 spiro atoms. The number of aromatic nitrogens is 1. The van der Waals surface area contributed by atoms with Crippen molar-refractivity contribution < 1.29 is 13.5 Å². The lowest BCUT2D eigenvalue weighted by Crippen LogP contribution is -1.90. The zero-order valence-corrected chi connectivity index (χ0v) is 9.29. The highest BCUT2D eigenvalue weighted by Gasteiger charge is 2.15. The van der Waals surface area contributed by atoms with Gasteiger partial charge in [0.15, 0.2) is 5.76 Å². The Kier molecular flexibility index (Phi) is 3.10. The summed E-state index contributed by atoms with van der Waals surface area (Å²) in [5.74, 6) is 0.790. The zero-order valence-electron chi connectivity index (χ0n) is 8.54. The van der Waals surface area contributed by atoms with Crippen LogP contribution >= 0.6 is 11.6 Å². The van der Waals surface area contributed by atoms with Gasteiger partial charge in [-0.3, -0.25) is 0 Å². The molecule has 0 radical (unpaired) electrons. The number of rotatable bonds is 3. The number of nitrogens with zero attached hydrogens (tertiary/aromatic N) is 1. The number of hydrogen-bond donors (Lipinski definition) is 0. The molecule has 0 aliphatic heterocycles. The molecule has 0 atom stereocenters. The van der Waals surface area contributed by atoms with Gasteiger partial charge in [0.1, 0.15) is 11.6 Å². The minimum Gasteiger partial charge on any atom is -0.496 e. The average molecular weight is 242 g/mol. The minimum atomic E-state index is -0.420. The Labute approximate surface area is 96.8 Å². The lowest BCUT2D eigenvalue weighted by Gasteiger charge is -2.05. The van der Waals surface area contributed by atoms with Crippen molar-refractivity contribution in [3.63, 3.8) is 0 Å². The van der Waals surface area contributed by atoms with E-state index in [0.29, 0.717) is 17.4 Å². The molecule has 0 bridgehead atoms. The summed E-state index contributed by atoms with van der Waals surface area (Å²) in [5, 5.41) is 0. The molecule has 5 heteroatoms. The fraction of sp³-hybridized carbons (Fsp3) is 0.182. The summed E-state index contributed by atoms with van der Waals surface area (Å²) in [5.41, 5.74) is 0.258. The second-order valence-electron chi connectivity index (χ2n) is 3.07. The van der Waals surface area contributed by atoms with E-state index in [-0.39, 0.29) is 11.4 Å². The van der Waals surface area contributed by atoms with Gasteiger partial charge in [0.25, 0.3) is 0 Å². The second-order valence-corrected chi connectivity index (χ2v) is 3.34. The van der Waals surface area contributed by atoms with Crippen LogP contribution in [0.2, 0.25) is 0 Å². The Morgan fingerprint density at radius 3 is 2.94 bits per heavy atom. The van der Waals surface area contributed by atoms with Crippen molar-refractivity contribution in [2.24, 2.45) is 0 Å². The van der Waals surface area contributed by atoms with Crippen molar-refractivity contribution in [2.45, 2.75) is 5.88 Å². The minimum absolute atomic E-state index is 0.150. The Balaban J connectivity index is 2.53. The summed E-state index contributed by atoms with van der Waals surface area (Å²) in [4.78, 5) is 3.91. The molecule has 0 aliphatic rings. The van der Waals surface area contributed by atoms with E-state index in [1.165, 1.54) is 19.4 Å². The lowest BCUT2D eigenvalue weighted by atomic mass is 10.1. The van der Waals surface area contributed by atoms with Crippen molar-refractivity contribution in [1.82, 2.24) is 4.98 Å². The van der Waals surface area contributed by atoms with Gasteiger partial charge in [-0.1, -0.05) is 6.07 Å². The van der Waals surface area contributed by atoms with Gasteiger partial charge in [-0.15, -0.1) is 11.6 Å². The Morgan fingerprint density at radius 2 is 2.31 bits per heavy atom. The maximum absolute atomic E-state index is 13.6. The molecule has 16 heavy (non-hydrogen) atoms. The molecule has 2 rings (SSSR count). The topological polar surface area (TPSA) is 35.3 Å². The van der Waals surface area contributed by atoms with Crippen molar-refractivity contribution in [1.29, 1.82) is 0 Å². The number of methoxy groups -OCH3 is 1. The van der Waals surface area contributed by atoms with Crippen molar-refractivity contribution in [3.8, 4) is 17.1 Å². The van der Waals surface area contributed by atoms with Crippen LogP contribution < -0.4 is 4.74 Å². The molecule has 2 aromatic rings. The Hall–Kier alpha value is -1.55. The Morgan fingerprint density at radius 1 is 1.50 bits per heavy atom. The lowest BCUT2D eigenvalue weighted by molar-refractivity contribution is 0.410. The van der Waals surface area contributed by atoms with E-state index >= 15 is 0 Å². The van der Waals surface area contributed by atoms with Gasteiger partial charge in [0, 0.05) is 0 Å². The fourth-order valence-electron chi connectivity index (χ4n) is 1.40. The first kappa shape index (κ1) is 11.0. The first-order valence-electron chi connectivity index (χ1n) is 4.59. The van der Waals surface area contributed by atoms with E-state index in [0.717, 1.165) is 0 Å². The van der Waals surface area contributed by atoms with Crippen LogP contribution in [0, 0.1) is 5.82 Å². The van der Waals surface area contributed by atoms with Gasteiger partial charge in [0.05, 0.1) is 24.8 Å². The largest absolute Gasteiger partial charge is 0.496 e. The third-order valence-corrected chi connectivity index (χ3v) is 2.34. The van der Waals surface area contributed by atoms with Crippen LogP contribution in [0.15, 0.2) is 28.8 Å². The third kappa shape index (κ3) is 1.88. The summed E-state index contributed by atoms with van der Waals surface area (Å²) < 4.78 is 24.0. The van der Waals surface area contributed by atoms with Crippen LogP contribution in [0.3, 0.4) is 0 Å². The molecule has 0 unspecified atom stereocenters. The molecule has 84 valence electrons. The molecule has 0 saturated heterocycles. The van der Waals surface area contributed by atoms with Gasteiger partial charge in [-0.25, -0.2) is 9.37 Å². The highest BCUT2D eigenvalue weighted by atomic mass is 35.5. The second kappa shape index (κ2) is 4.53. The van der Waals surface area contributed by atoms with Crippen molar-refractivity contribution >= 4 is 11.6 Å². The number of halogens is 2. The highest BCUT2D eigenvalue weighted by Crippen LogP contribution is 2.32. The predicted octanol–water partition coefficient (Wildman–Crippen LogP) is 3.23.